The summed E-state index contributed by atoms with van der Waals surface area (Å²) in [6.07, 6.45) is 0.518. The Kier molecular flexibility index (Phi) is 9.61. The van der Waals surface area contributed by atoms with Gasteiger partial charge in [0.25, 0.3) is 0 Å². The molecule has 0 aromatic carbocycles. The molecule has 0 fully saturated rings. The van der Waals surface area contributed by atoms with Gasteiger partial charge in [0, 0.05) is 19.0 Å². The van der Waals surface area contributed by atoms with E-state index in [1.807, 2.05) is 0 Å². The Morgan fingerprint density at radius 1 is 1.08 bits per heavy atom. The van der Waals surface area contributed by atoms with Crippen molar-refractivity contribution in [2.24, 2.45) is 0 Å². The molecule has 0 heterocycles. The van der Waals surface area contributed by atoms with E-state index in [4.69, 9.17) is 0 Å². The van der Waals surface area contributed by atoms with Crippen LogP contribution in [0.5, 0.6) is 0 Å². The summed E-state index contributed by atoms with van der Waals surface area (Å²) in [4.78, 5) is 0. The van der Waals surface area contributed by atoms with Crippen molar-refractivity contribution in [2.75, 3.05) is 0 Å². The van der Waals surface area contributed by atoms with Crippen molar-refractivity contribution in [2.45, 2.75) is 50.4 Å². The third-order valence-electron chi connectivity index (χ3n) is 2.03. The number of alkyl halides is 2. The number of halogens is 2. The first-order chi connectivity index (χ1) is 5.77. The normalized spacial score (nSPS) is 13.0. The van der Waals surface area contributed by atoms with Gasteiger partial charge in [0.05, 0.1) is 0 Å². The largest absolute Gasteiger partial charge is 0.235 e. The van der Waals surface area contributed by atoms with E-state index in [-0.39, 0.29) is 15.6 Å². The van der Waals surface area contributed by atoms with Gasteiger partial charge in [0.2, 0.25) is 6.43 Å². The van der Waals surface area contributed by atoms with Gasteiger partial charge < -0.3 is 0 Å². The molecule has 0 N–H and O–H groups in total. The van der Waals surface area contributed by atoms with Crippen molar-refractivity contribution in [1.29, 1.82) is 0 Å². The molecule has 12 heavy (non-hydrogen) atoms. The molecular weight excluding hydrogens is 190 g/mol. The minimum Gasteiger partial charge on any atom is -0.211 e. The SMILES string of the molecule is CC[SiH2]CCCC[SiH2]CC(F)F. The molecule has 4 heteroatoms. The first kappa shape index (κ1) is 12.3. The van der Waals surface area contributed by atoms with E-state index in [0.717, 1.165) is 6.04 Å². The molecule has 0 amide bonds. The molecule has 0 aromatic rings. The minimum absolute atomic E-state index is 0.239. The number of hydrogen-bond donors (Lipinski definition) is 0. The van der Waals surface area contributed by atoms with E-state index in [9.17, 15) is 8.78 Å². The monoisotopic (exact) mass is 210 g/mol. The molecule has 0 aliphatic heterocycles. The maximum atomic E-state index is 11.7. The molecule has 0 rings (SSSR count). The van der Waals surface area contributed by atoms with E-state index in [2.05, 4.69) is 6.92 Å². The molecular formula is C8H20F2Si2. The van der Waals surface area contributed by atoms with Crippen LogP contribution >= 0.6 is 0 Å². The van der Waals surface area contributed by atoms with E-state index in [0.29, 0.717) is 0 Å². The van der Waals surface area contributed by atoms with Crippen molar-refractivity contribution >= 4 is 19.0 Å². The van der Waals surface area contributed by atoms with Crippen molar-refractivity contribution < 1.29 is 8.78 Å². The van der Waals surface area contributed by atoms with Crippen molar-refractivity contribution in [1.82, 2.24) is 0 Å². The Balaban J connectivity index is 2.82. The summed E-state index contributed by atoms with van der Waals surface area (Å²) in [6.45, 7) is 2.25. The molecule has 0 aliphatic carbocycles. The third-order valence-corrected chi connectivity index (χ3v) is 5.58. The molecule has 0 nitrogen and oxygen atoms in total. The zero-order chi connectivity index (χ0) is 9.23. The second-order valence-corrected chi connectivity index (χ2v) is 7.71. The van der Waals surface area contributed by atoms with Gasteiger partial charge in [-0.15, -0.1) is 0 Å². The first-order valence-corrected chi connectivity index (χ1v) is 9.05. The smallest absolute Gasteiger partial charge is 0.211 e. The van der Waals surface area contributed by atoms with Gasteiger partial charge in [0.1, 0.15) is 0 Å². The van der Waals surface area contributed by atoms with Crippen LogP contribution in [0.4, 0.5) is 8.78 Å². The van der Waals surface area contributed by atoms with Gasteiger partial charge in [-0.2, -0.15) is 0 Å². The van der Waals surface area contributed by atoms with Crippen molar-refractivity contribution in [3.05, 3.63) is 0 Å². The second-order valence-electron chi connectivity index (χ2n) is 3.30. The summed E-state index contributed by atoms with van der Waals surface area (Å²) in [6, 6.07) is 4.21. The molecule has 0 spiro atoms. The summed E-state index contributed by atoms with van der Waals surface area (Å²) in [5.41, 5.74) is 0. The molecule has 0 aliphatic rings. The molecule has 0 bridgehead atoms. The average Bonchev–Trinajstić information content (AvgIpc) is 2.02. The van der Waals surface area contributed by atoms with E-state index < -0.39 is 15.9 Å². The van der Waals surface area contributed by atoms with Crippen molar-refractivity contribution in [3.8, 4) is 0 Å². The van der Waals surface area contributed by atoms with Gasteiger partial charge in [-0.1, -0.05) is 37.9 Å². The van der Waals surface area contributed by atoms with Gasteiger partial charge >= 0.3 is 0 Å². The molecule has 0 saturated carbocycles. The summed E-state index contributed by atoms with van der Waals surface area (Å²) < 4.78 is 23.4. The van der Waals surface area contributed by atoms with E-state index >= 15 is 0 Å². The molecule has 0 unspecified atom stereocenters. The maximum Gasteiger partial charge on any atom is 0.235 e. The fourth-order valence-electron chi connectivity index (χ4n) is 1.26. The second kappa shape index (κ2) is 9.38. The fraction of sp³-hybridized carbons (Fsp3) is 1.00. The van der Waals surface area contributed by atoms with Gasteiger partial charge in [-0.3, -0.25) is 0 Å². The minimum atomic E-state index is -2.03. The fourth-order valence-corrected chi connectivity index (χ4v) is 3.77. The van der Waals surface area contributed by atoms with Crippen molar-refractivity contribution in [3.63, 3.8) is 0 Å². The molecule has 74 valence electrons. The Morgan fingerprint density at radius 3 is 2.17 bits per heavy atom. The Bertz CT molecular complexity index is 89.1. The van der Waals surface area contributed by atoms with Crippen LogP contribution in [0.15, 0.2) is 0 Å². The van der Waals surface area contributed by atoms with Crippen LogP contribution in [0, 0.1) is 0 Å². The third kappa shape index (κ3) is 10.3. The summed E-state index contributed by atoms with van der Waals surface area (Å²) >= 11 is 0. The number of rotatable bonds is 8. The van der Waals surface area contributed by atoms with Crippen LogP contribution in [0.3, 0.4) is 0 Å². The highest BCUT2D eigenvalue weighted by Gasteiger charge is 2.01. The van der Waals surface area contributed by atoms with Crippen LogP contribution in [0.2, 0.25) is 24.2 Å². The lowest BCUT2D eigenvalue weighted by molar-refractivity contribution is 0.171. The molecule has 0 aromatic heterocycles. The Hall–Kier alpha value is 0.294. The van der Waals surface area contributed by atoms with Crippen LogP contribution in [-0.2, 0) is 0 Å². The maximum absolute atomic E-state index is 11.7. The van der Waals surface area contributed by atoms with Crippen LogP contribution in [0.25, 0.3) is 0 Å². The standard InChI is InChI=1S/C8H20F2Si2/c1-2-11-5-3-4-6-12-7-8(9)10/h8H,2-7,11-12H2,1H3. The lowest BCUT2D eigenvalue weighted by Crippen LogP contribution is -1.97. The first-order valence-electron chi connectivity index (χ1n) is 5.05. The lowest BCUT2D eigenvalue weighted by atomic mass is 10.4. The van der Waals surface area contributed by atoms with Gasteiger partial charge in [0.15, 0.2) is 0 Å². The highest BCUT2D eigenvalue weighted by atomic mass is 28.2. The molecule has 0 atom stereocenters. The van der Waals surface area contributed by atoms with E-state index in [1.54, 1.807) is 0 Å². The number of unbranched alkanes of at least 4 members (excludes halogenated alkanes) is 1. The molecule has 0 saturated heterocycles. The predicted octanol–water partition coefficient (Wildman–Crippen LogP) is 2.06. The van der Waals surface area contributed by atoms with Crippen LogP contribution < -0.4 is 0 Å². The predicted molar refractivity (Wildman–Crippen MR) is 57.2 cm³/mol. The van der Waals surface area contributed by atoms with Crippen LogP contribution in [-0.4, -0.2) is 25.5 Å². The van der Waals surface area contributed by atoms with Gasteiger partial charge in [-0.25, -0.2) is 8.78 Å². The van der Waals surface area contributed by atoms with E-state index in [1.165, 1.54) is 24.9 Å². The summed E-state index contributed by atoms with van der Waals surface area (Å²) in [5.74, 6) is 0. The lowest BCUT2D eigenvalue weighted by Gasteiger charge is -1.99. The summed E-state index contributed by atoms with van der Waals surface area (Å²) in [7, 11) is -0.166. The van der Waals surface area contributed by atoms with Gasteiger partial charge in [-0.05, 0) is 6.04 Å². The average molecular weight is 210 g/mol. The topological polar surface area (TPSA) is 0 Å². The summed E-state index contributed by atoms with van der Waals surface area (Å²) in [5, 5.41) is 0. The quantitative estimate of drug-likeness (QED) is 0.425. The highest BCUT2D eigenvalue weighted by Crippen LogP contribution is 2.05. The van der Waals surface area contributed by atoms with Crippen LogP contribution in [0.1, 0.15) is 19.8 Å². The highest BCUT2D eigenvalue weighted by molar-refractivity contribution is 6.36. The zero-order valence-electron chi connectivity index (χ0n) is 7.99. The Morgan fingerprint density at radius 2 is 1.67 bits per heavy atom. The Labute approximate surface area is 78.8 Å². The molecule has 0 radical (unpaired) electrons. The number of hydrogen-bond acceptors (Lipinski definition) is 0. The zero-order valence-corrected chi connectivity index (χ0v) is 10.8.